The van der Waals surface area contributed by atoms with E-state index in [1.54, 1.807) is 26.4 Å². The second-order valence-electron chi connectivity index (χ2n) is 6.17. The van der Waals surface area contributed by atoms with Crippen LogP contribution in [0.2, 0.25) is 0 Å². The molecule has 0 fully saturated rings. The summed E-state index contributed by atoms with van der Waals surface area (Å²) >= 11 is 0. The summed E-state index contributed by atoms with van der Waals surface area (Å²) in [5.41, 5.74) is 0.826. The van der Waals surface area contributed by atoms with E-state index in [0.29, 0.717) is 25.5 Å². The van der Waals surface area contributed by atoms with Crippen LogP contribution in [0.3, 0.4) is 0 Å². The fraction of sp³-hybridized carbons (Fsp3) is 0.368. The summed E-state index contributed by atoms with van der Waals surface area (Å²) in [4.78, 5) is 19.6. The van der Waals surface area contributed by atoms with Gasteiger partial charge in [-0.2, -0.15) is 0 Å². The summed E-state index contributed by atoms with van der Waals surface area (Å²) in [5.74, 6) is 1.09. The van der Waals surface area contributed by atoms with Crippen LogP contribution in [-0.2, 0) is 17.8 Å². The van der Waals surface area contributed by atoms with Crippen molar-refractivity contribution >= 4 is 11.9 Å². The third-order valence-electron chi connectivity index (χ3n) is 3.77. The molecule has 1 N–H and O–H groups in total. The number of carbonyl (C=O) groups is 1. The maximum Gasteiger partial charge on any atom is 0.243 e. The Labute approximate surface area is 153 Å². The van der Waals surface area contributed by atoms with Crippen LogP contribution in [-0.4, -0.2) is 55.9 Å². The molecule has 2 rings (SSSR count). The summed E-state index contributed by atoms with van der Waals surface area (Å²) < 4.78 is 18.7. The highest BCUT2D eigenvalue weighted by Crippen LogP contribution is 2.07. The number of hydrogen-bond acceptors (Lipinski definition) is 3. The summed E-state index contributed by atoms with van der Waals surface area (Å²) in [6.07, 6.45) is 2.33. The van der Waals surface area contributed by atoms with Crippen LogP contribution in [0.4, 0.5) is 4.39 Å². The average Bonchev–Trinajstić information content (AvgIpc) is 3.10. The molecule has 1 heterocycles. The first-order valence-corrected chi connectivity index (χ1v) is 8.42. The Morgan fingerprint density at radius 1 is 1.23 bits per heavy atom. The number of nitrogens with zero attached hydrogens (tertiary/aromatic N) is 3. The molecule has 0 radical (unpaired) electrons. The minimum Gasteiger partial charge on any atom is -0.469 e. The summed E-state index contributed by atoms with van der Waals surface area (Å²) in [6.45, 7) is 1.13. The number of hydrogen-bond donors (Lipinski definition) is 1. The second kappa shape index (κ2) is 9.60. The Kier molecular flexibility index (Phi) is 7.20. The van der Waals surface area contributed by atoms with Gasteiger partial charge >= 0.3 is 0 Å². The molecule has 0 bridgehead atoms. The molecule has 0 saturated heterocycles. The zero-order valence-corrected chi connectivity index (χ0v) is 15.4. The standard InChI is InChI=1S/C19H25FN4O2/c1-23(2)18(25)13-22-19(21-10-9-17-8-5-11-26-17)24(3)14-15-6-4-7-16(20)12-15/h4-8,11-12H,9-10,13-14H2,1-3H3,(H,21,22). The van der Waals surface area contributed by atoms with Gasteiger partial charge in [0.2, 0.25) is 5.91 Å². The van der Waals surface area contributed by atoms with E-state index in [1.165, 1.54) is 17.0 Å². The zero-order chi connectivity index (χ0) is 18.9. The Hall–Kier alpha value is -2.83. The van der Waals surface area contributed by atoms with Gasteiger partial charge < -0.3 is 19.5 Å². The molecule has 1 aromatic heterocycles. The molecule has 0 spiro atoms. The number of furan rings is 1. The monoisotopic (exact) mass is 360 g/mol. The van der Waals surface area contributed by atoms with Crippen molar-refractivity contribution in [3.8, 4) is 0 Å². The molecule has 1 amide bonds. The van der Waals surface area contributed by atoms with Gasteiger partial charge in [0.15, 0.2) is 5.96 Å². The molecular formula is C19H25FN4O2. The van der Waals surface area contributed by atoms with Gasteiger partial charge in [0.25, 0.3) is 0 Å². The van der Waals surface area contributed by atoms with Gasteiger partial charge in [-0.05, 0) is 29.8 Å². The first-order chi connectivity index (χ1) is 12.5. The van der Waals surface area contributed by atoms with Crippen LogP contribution >= 0.6 is 0 Å². The summed E-state index contributed by atoms with van der Waals surface area (Å²) in [5, 5.41) is 3.24. The van der Waals surface area contributed by atoms with Gasteiger partial charge in [0.1, 0.15) is 18.1 Å². The van der Waals surface area contributed by atoms with Gasteiger partial charge in [-0.3, -0.25) is 4.79 Å². The van der Waals surface area contributed by atoms with Crippen molar-refractivity contribution in [2.75, 3.05) is 34.2 Å². The highest BCUT2D eigenvalue weighted by Gasteiger charge is 2.10. The lowest BCUT2D eigenvalue weighted by Crippen LogP contribution is -2.40. The first kappa shape index (κ1) is 19.5. The fourth-order valence-corrected chi connectivity index (χ4v) is 2.33. The maximum atomic E-state index is 13.4. The SMILES string of the molecule is CN(C)C(=O)CN=C(NCCc1ccco1)N(C)Cc1cccc(F)c1. The highest BCUT2D eigenvalue weighted by atomic mass is 19.1. The van der Waals surface area contributed by atoms with Crippen molar-refractivity contribution in [1.82, 2.24) is 15.1 Å². The number of likely N-dealkylation sites (N-methyl/N-ethyl adjacent to an activating group) is 1. The van der Waals surface area contributed by atoms with E-state index in [2.05, 4.69) is 10.3 Å². The Balaban J connectivity index is 2.02. The molecule has 140 valence electrons. The fourth-order valence-electron chi connectivity index (χ4n) is 2.33. The number of nitrogens with one attached hydrogen (secondary N) is 1. The Bertz CT molecular complexity index is 729. The minimum atomic E-state index is -0.275. The van der Waals surface area contributed by atoms with E-state index in [9.17, 15) is 9.18 Å². The molecular weight excluding hydrogens is 335 g/mol. The number of benzene rings is 1. The van der Waals surface area contributed by atoms with Crippen LogP contribution in [0.15, 0.2) is 52.1 Å². The third kappa shape index (κ3) is 6.23. The lowest BCUT2D eigenvalue weighted by atomic mass is 10.2. The van der Waals surface area contributed by atoms with Crippen LogP contribution in [0, 0.1) is 5.82 Å². The van der Waals surface area contributed by atoms with Gasteiger partial charge in [-0.1, -0.05) is 12.1 Å². The van der Waals surface area contributed by atoms with Gasteiger partial charge in [-0.15, -0.1) is 0 Å². The van der Waals surface area contributed by atoms with E-state index < -0.39 is 0 Å². The van der Waals surface area contributed by atoms with E-state index in [-0.39, 0.29) is 18.3 Å². The van der Waals surface area contributed by atoms with Crippen molar-refractivity contribution in [3.05, 3.63) is 59.8 Å². The second-order valence-corrected chi connectivity index (χ2v) is 6.17. The Morgan fingerprint density at radius 2 is 2.04 bits per heavy atom. The van der Waals surface area contributed by atoms with E-state index >= 15 is 0 Å². The largest absolute Gasteiger partial charge is 0.469 e. The number of guanidine groups is 1. The smallest absolute Gasteiger partial charge is 0.243 e. The molecule has 0 aliphatic rings. The lowest BCUT2D eigenvalue weighted by molar-refractivity contribution is -0.127. The van der Waals surface area contributed by atoms with Crippen LogP contribution in [0.5, 0.6) is 0 Å². The summed E-state index contributed by atoms with van der Waals surface area (Å²) in [7, 11) is 5.24. The molecule has 0 aliphatic heterocycles. The van der Waals surface area contributed by atoms with Crippen LogP contribution in [0.25, 0.3) is 0 Å². The number of aliphatic imine (C=N–C) groups is 1. The molecule has 7 heteroatoms. The number of halogens is 1. The molecule has 0 saturated carbocycles. The molecule has 2 aromatic rings. The highest BCUT2D eigenvalue weighted by molar-refractivity contribution is 5.84. The van der Waals surface area contributed by atoms with Crippen molar-refractivity contribution in [1.29, 1.82) is 0 Å². The van der Waals surface area contributed by atoms with Crippen molar-refractivity contribution in [2.45, 2.75) is 13.0 Å². The van der Waals surface area contributed by atoms with E-state index in [1.807, 2.05) is 30.1 Å². The zero-order valence-electron chi connectivity index (χ0n) is 15.4. The first-order valence-electron chi connectivity index (χ1n) is 8.42. The Morgan fingerprint density at radius 3 is 2.69 bits per heavy atom. The minimum absolute atomic E-state index is 0.0452. The van der Waals surface area contributed by atoms with Crippen LogP contribution in [0.1, 0.15) is 11.3 Å². The average molecular weight is 360 g/mol. The van der Waals surface area contributed by atoms with Crippen molar-refractivity contribution < 1.29 is 13.6 Å². The van der Waals surface area contributed by atoms with E-state index in [4.69, 9.17) is 4.42 Å². The molecule has 1 aromatic carbocycles. The maximum absolute atomic E-state index is 13.4. The number of carbonyl (C=O) groups excluding carboxylic acids is 1. The quantitative estimate of drug-likeness (QED) is 0.607. The molecule has 0 atom stereocenters. The topological polar surface area (TPSA) is 61.1 Å². The van der Waals surface area contributed by atoms with Gasteiger partial charge in [0, 0.05) is 40.7 Å². The van der Waals surface area contributed by atoms with Gasteiger partial charge in [-0.25, -0.2) is 9.38 Å². The molecule has 26 heavy (non-hydrogen) atoms. The molecule has 0 aliphatic carbocycles. The predicted molar refractivity (Wildman–Crippen MR) is 99.3 cm³/mol. The number of amides is 1. The van der Waals surface area contributed by atoms with Crippen molar-refractivity contribution in [3.63, 3.8) is 0 Å². The third-order valence-corrected chi connectivity index (χ3v) is 3.77. The predicted octanol–water partition coefficient (Wildman–Crippen LogP) is 2.13. The lowest BCUT2D eigenvalue weighted by Gasteiger charge is -2.23. The van der Waals surface area contributed by atoms with E-state index in [0.717, 1.165) is 11.3 Å². The summed E-state index contributed by atoms with van der Waals surface area (Å²) in [6, 6.07) is 10.2. The number of rotatable bonds is 7. The molecule has 0 unspecified atom stereocenters. The van der Waals surface area contributed by atoms with Gasteiger partial charge in [0.05, 0.1) is 6.26 Å². The molecule has 6 nitrogen and oxygen atoms in total. The normalized spacial score (nSPS) is 11.3. The van der Waals surface area contributed by atoms with Crippen molar-refractivity contribution in [2.24, 2.45) is 4.99 Å². The van der Waals surface area contributed by atoms with Crippen LogP contribution < -0.4 is 5.32 Å².